The second kappa shape index (κ2) is 10.5. The van der Waals surface area contributed by atoms with Gasteiger partial charge in [0.1, 0.15) is 12.2 Å². The van der Waals surface area contributed by atoms with Gasteiger partial charge in [-0.25, -0.2) is 4.98 Å². The third-order valence-electron chi connectivity index (χ3n) is 7.67. The number of fused-ring (bicyclic) bond motifs is 4. The molecule has 202 valence electrons. The molecule has 1 aromatic carbocycles. The van der Waals surface area contributed by atoms with E-state index in [1.54, 1.807) is 46.2 Å². The molecule has 0 radical (unpaired) electrons. The van der Waals surface area contributed by atoms with Gasteiger partial charge in [-0.1, -0.05) is 18.2 Å². The maximum absolute atomic E-state index is 14.1. The summed E-state index contributed by atoms with van der Waals surface area (Å²) in [5, 5.41) is 7.36. The molecule has 2 bridgehead atoms. The molecule has 3 aliphatic rings. The van der Waals surface area contributed by atoms with Gasteiger partial charge in [-0.05, 0) is 30.7 Å². The van der Waals surface area contributed by atoms with Crippen molar-refractivity contribution in [3.63, 3.8) is 0 Å². The fourth-order valence-electron chi connectivity index (χ4n) is 5.77. The SMILES string of the molecule is Cn1cc(CN2C[C@H]3C[C@H]2C(=O)N2CCN(C(=O)c4ccccc4)C[C@H]2COc2ncccc2C(=O)N3)cn1. The second-order valence-corrected chi connectivity index (χ2v) is 10.3. The number of benzene rings is 1. The lowest BCUT2D eigenvalue weighted by Gasteiger charge is -2.43. The molecule has 2 saturated heterocycles. The molecule has 3 atom stereocenters. The summed E-state index contributed by atoms with van der Waals surface area (Å²) < 4.78 is 7.81. The number of piperazine rings is 1. The Hall–Kier alpha value is -4.25. The molecule has 39 heavy (non-hydrogen) atoms. The number of aryl methyl sites for hydroxylation is 1. The van der Waals surface area contributed by atoms with Gasteiger partial charge >= 0.3 is 0 Å². The molecule has 5 heterocycles. The van der Waals surface area contributed by atoms with Crippen LogP contribution in [0.3, 0.4) is 0 Å². The molecular weight excluding hydrogens is 498 g/mol. The van der Waals surface area contributed by atoms with E-state index in [2.05, 4.69) is 20.3 Å². The van der Waals surface area contributed by atoms with Crippen LogP contribution in [0.15, 0.2) is 61.1 Å². The highest BCUT2D eigenvalue weighted by Crippen LogP contribution is 2.27. The molecule has 3 aliphatic heterocycles. The van der Waals surface area contributed by atoms with Crippen molar-refractivity contribution in [3.8, 4) is 5.88 Å². The van der Waals surface area contributed by atoms with E-state index >= 15 is 0 Å². The van der Waals surface area contributed by atoms with E-state index in [4.69, 9.17) is 4.74 Å². The Morgan fingerprint density at radius 2 is 1.95 bits per heavy atom. The van der Waals surface area contributed by atoms with Gasteiger partial charge in [-0.3, -0.25) is 24.0 Å². The highest BCUT2D eigenvalue weighted by molar-refractivity contribution is 5.97. The van der Waals surface area contributed by atoms with Crippen molar-refractivity contribution in [2.45, 2.75) is 31.1 Å². The Labute approximate surface area is 226 Å². The average molecular weight is 530 g/mol. The molecule has 3 amide bonds. The van der Waals surface area contributed by atoms with Crippen LogP contribution in [0.4, 0.5) is 0 Å². The molecule has 0 unspecified atom stereocenters. The Morgan fingerprint density at radius 1 is 1.10 bits per heavy atom. The minimum absolute atomic E-state index is 0.0159. The predicted octanol–water partition coefficient (Wildman–Crippen LogP) is 0.934. The van der Waals surface area contributed by atoms with Crippen LogP contribution < -0.4 is 10.1 Å². The smallest absolute Gasteiger partial charge is 0.257 e. The number of nitrogens with zero attached hydrogens (tertiary/aromatic N) is 6. The van der Waals surface area contributed by atoms with E-state index in [-0.39, 0.29) is 36.3 Å². The van der Waals surface area contributed by atoms with Crippen molar-refractivity contribution in [1.29, 1.82) is 0 Å². The summed E-state index contributed by atoms with van der Waals surface area (Å²) in [5.41, 5.74) is 1.96. The van der Waals surface area contributed by atoms with Crippen LogP contribution in [-0.2, 0) is 18.4 Å². The quantitative estimate of drug-likeness (QED) is 0.537. The second-order valence-electron chi connectivity index (χ2n) is 10.3. The number of rotatable bonds is 3. The topological polar surface area (TPSA) is 113 Å². The first-order valence-corrected chi connectivity index (χ1v) is 13.2. The normalized spacial score (nSPS) is 23.7. The third-order valence-corrected chi connectivity index (χ3v) is 7.67. The highest BCUT2D eigenvalue weighted by atomic mass is 16.5. The fraction of sp³-hybridized carbons (Fsp3) is 0.393. The van der Waals surface area contributed by atoms with Crippen LogP contribution in [-0.4, -0.2) is 98.1 Å². The first-order valence-electron chi connectivity index (χ1n) is 13.2. The molecule has 3 aromatic rings. The first kappa shape index (κ1) is 25.1. The van der Waals surface area contributed by atoms with Crippen LogP contribution in [0.25, 0.3) is 0 Å². The van der Waals surface area contributed by atoms with Gasteiger partial charge in [0.2, 0.25) is 11.8 Å². The summed E-state index contributed by atoms with van der Waals surface area (Å²) in [4.78, 5) is 50.6. The molecule has 0 spiro atoms. The van der Waals surface area contributed by atoms with Gasteiger partial charge in [0, 0.05) is 69.3 Å². The van der Waals surface area contributed by atoms with Gasteiger partial charge in [-0.15, -0.1) is 0 Å². The van der Waals surface area contributed by atoms with Crippen molar-refractivity contribution in [2.24, 2.45) is 7.05 Å². The number of ether oxygens (including phenoxy) is 1. The monoisotopic (exact) mass is 529 g/mol. The van der Waals surface area contributed by atoms with Crippen molar-refractivity contribution in [1.82, 2.24) is 34.8 Å². The van der Waals surface area contributed by atoms with E-state index in [1.165, 1.54) is 0 Å². The van der Waals surface area contributed by atoms with Crippen molar-refractivity contribution >= 4 is 17.7 Å². The first-order chi connectivity index (χ1) is 19.0. The molecule has 1 N–H and O–H groups in total. The summed E-state index contributed by atoms with van der Waals surface area (Å²) in [5.74, 6) is -0.153. The van der Waals surface area contributed by atoms with E-state index in [0.717, 1.165) is 5.56 Å². The van der Waals surface area contributed by atoms with Gasteiger partial charge in [-0.2, -0.15) is 5.10 Å². The number of pyridine rings is 1. The van der Waals surface area contributed by atoms with Crippen molar-refractivity contribution in [2.75, 3.05) is 32.8 Å². The molecule has 0 aliphatic carbocycles. The maximum Gasteiger partial charge on any atom is 0.257 e. The molecule has 2 fully saturated rings. The highest BCUT2D eigenvalue weighted by Gasteiger charge is 2.43. The summed E-state index contributed by atoms with van der Waals surface area (Å²) in [6, 6.07) is 11.5. The summed E-state index contributed by atoms with van der Waals surface area (Å²) >= 11 is 0. The molecule has 6 rings (SSSR count). The number of likely N-dealkylation sites (tertiary alicyclic amines) is 1. The molecular formula is C28H31N7O4. The Kier molecular flexibility index (Phi) is 6.74. The lowest BCUT2D eigenvalue weighted by Crippen LogP contribution is -2.61. The molecule has 11 nitrogen and oxygen atoms in total. The average Bonchev–Trinajstić information content (AvgIpc) is 3.56. The Balaban J connectivity index is 1.31. The van der Waals surface area contributed by atoms with E-state index in [1.807, 2.05) is 36.3 Å². The Bertz CT molecular complexity index is 1380. The standard InChI is InChI=1S/C28H31N7O4/c1-32-14-19(13-30-32)15-34-16-21-12-24(34)28(38)35-11-10-33(27(37)20-6-3-2-4-7-20)17-22(35)18-39-26-23(25(36)31-21)8-5-9-29-26/h2-9,13-14,21-22,24H,10-12,15-18H2,1H3,(H,31,36)/t21-,22+,24+/m1/s1. The maximum atomic E-state index is 14.1. The lowest BCUT2D eigenvalue weighted by atomic mass is 10.1. The largest absolute Gasteiger partial charge is 0.475 e. The van der Waals surface area contributed by atoms with Gasteiger partial charge < -0.3 is 19.9 Å². The van der Waals surface area contributed by atoms with Crippen LogP contribution in [0, 0.1) is 0 Å². The number of nitrogens with one attached hydrogen (secondary N) is 1. The van der Waals surface area contributed by atoms with Crippen LogP contribution in [0.5, 0.6) is 5.88 Å². The van der Waals surface area contributed by atoms with E-state index < -0.39 is 12.1 Å². The Morgan fingerprint density at radius 3 is 2.74 bits per heavy atom. The van der Waals surface area contributed by atoms with Gasteiger partial charge in [0.05, 0.1) is 18.3 Å². The molecule has 0 saturated carbocycles. The molecule has 2 aromatic heterocycles. The predicted molar refractivity (Wildman–Crippen MR) is 141 cm³/mol. The summed E-state index contributed by atoms with van der Waals surface area (Å²) in [7, 11) is 1.86. The zero-order valence-electron chi connectivity index (χ0n) is 21.8. The number of hydrogen-bond donors (Lipinski definition) is 1. The van der Waals surface area contributed by atoms with Crippen molar-refractivity contribution < 1.29 is 19.1 Å². The zero-order chi connectivity index (χ0) is 26.9. The number of carbonyl (C=O) groups is 3. The number of amides is 3. The summed E-state index contributed by atoms with van der Waals surface area (Å²) in [6.07, 6.45) is 5.81. The third kappa shape index (κ3) is 5.09. The minimum Gasteiger partial charge on any atom is -0.475 e. The van der Waals surface area contributed by atoms with Gasteiger partial charge in [0.25, 0.3) is 11.8 Å². The number of carbonyl (C=O) groups excluding carboxylic acids is 3. The van der Waals surface area contributed by atoms with Crippen LogP contribution >= 0.6 is 0 Å². The van der Waals surface area contributed by atoms with Crippen molar-refractivity contribution in [3.05, 3.63) is 77.7 Å². The number of aromatic nitrogens is 3. The van der Waals surface area contributed by atoms with Gasteiger partial charge in [0.15, 0.2) is 0 Å². The van der Waals surface area contributed by atoms with Crippen LogP contribution in [0.1, 0.15) is 32.7 Å². The number of hydrogen-bond acceptors (Lipinski definition) is 7. The van der Waals surface area contributed by atoms with E-state index in [9.17, 15) is 14.4 Å². The van der Waals surface area contributed by atoms with Crippen LogP contribution in [0.2, 0.25) is 0 Å². The summed E-state index contributed by atoms with van der Waals surface area (Å²) in [6.45, 7) is 2.34. The zero-order valence-corrected chi connectivity index (χ0v) is 21.8. The minimum atomic E-state index is -0.415. The lowest BCUT2D eigenvalue weighted by molar-refractivity contribution is -0.141. The molecule has 11 heteroatoms. The fourth-order valence-corrected chi connectivity index (χ4v) is 5.77. The van der Waals surface area contributed by atoms with E-state index in [0.29, 0.717) is 50.3 Å².